The molecular formula is C30H36N4O2. The summed E-state index contributed by atoms with van der Waals surface area (Å²) in [6, 6.07) is 19.1. The number of carboxylic acid groups (broad SMARTS) is 1. The Balaban J connectivity index is 1.75. The molecule has 1 aliphatic rings. The number of carboxylic acids is 1. The first-order chi connectivity index (χ1) is 17.4. The minimum absolute atomic E-state index is 0.0434. The van der Waals surface area contributed by atoms with Gasteiger partial charge in [0.05, 0.1) is 16.9 Å². The van der Waals surface area contributed by atoms with Crippen LogP contribution in [0.4, 0.5) is 11.4 Å². The Morgan fingerprint density at radius 1 is 0.889 bits per heavy atom. The molecule has 36 heavy (non-hydrogen) atoms. The number of hydrogen-bond acceptors (Lipinski definition) is 4. The SMILES string of the molecule is CCCN1c2ccc(C(=O)O)cc2N(N(CC)CC)C1c1ccc2c(c1)c1cc(C)ccc1n2CC. The van der Waals surface area contributed by atoms with Gasteiger partial charge in [0.25, 0.3) is 0 Å². The number of anilines is 2. The summed E-state index contributed by atoms with van der Waals surface area (Å²) in [5.41, 5.74) is 7.36. The molecule has 0 spiro atoms. The number of aromatic nitrogens is 1. The Labute approximate surface area is 213 Å². The van der Waals surface area contributed by atoms with Crippen molar-refractivity contribution >= 4 is 39.1 Å². The van der Waals surface area contributed by atoms with Crippen LogP contribution in [0.25, 0.3) is 21.8 Å². The molecule has 0 bridgehead atoms. The molecule has 0 aliphatic carbocycles. The molecule has 0 radical (unpaired) electrons. The Morgan fingerprint density at radius 2 is 1.58 bits per heavy atom. The second-order valence-corrected chi connectivity index (χ2v) is 9.60. The number of fused-ring (bicyclic) bond motifs is 4. The summed E-state index contributed by atoms with van der Waals surface area (Å²) in [5, 5.41) is 16.9. The standard InChI is InChI=1S/C30H36N4O2/c1-6-16-33-27-15-12-22(30(35)36)19-28(27)34(31(7-2)8-3)29(33)21-11-14-26-24(18-21)23-17-20(5)10-13-25(23)32(26)9-4/h10-15,17-19,29H,6-9,16H2,1-5H3,(H,35,36). The molecule has 6 nitrogen and oxygen atoms in total. The monoisotopic (exact) mass is 484 g/mol. The number of benzene rings is 3. The molecule has 4 aromatic rings. The van der Waals surface area contributed by atoms with Crippen LogP contribution in [0.2, 0.25) is 0 Å². The van der Waals surface area contributed by atoms with E-state index in [4.69, 9.17) is 0 Å². The lowest BCUT2D eigenvalue weighted by Crippen LogP contribution is -2.47. The van der Waals surface area contributed by atoms with Crippen LogP contribution in [0.3, 0.4) is 0 Å². The molecule has 0 fully saturated rings. The topological polar surface area (TPSA) is 52.0 Å². The Kier molecular flexibility index (Phi) is 6.39. The number of carbonyl (C=O) groups is 1. The van der Waals surface area contributed by atoms with Crippen LogP contribution in [0.5, 0.6) is 0 Å². The van der Waals surface area contributed by atoms with E-state index in [1.165, 1.54) is 32.9 Å². The largest absolute Gasteiger partial charge is 0.478 e. The van der Waals surface area contributed by atoms with Gasteiger partial charge in [-0.2, -0.15) is 0 Å². The van der Waals surface area contributed by atoms with Crippen molar-refractivity contribution in [1.29, 1.82) is 0 Å². The maximum atomic E-state index is 11.9. The molecular weight excluding hydrogens is 448 g/mol. The fourth-order valence-corrected chi connectivity index (χ4v) is 5.86. The van der Waals surface area contributed by atoms with Crippen LogP contribution in [-0.4, -0.2) is 40.3 Å². The van der Waals surface area contributed by atoms with Gasteiger partial charge in [0.15, 0.2) is 0 Å². The lowest BCUT2D eigenvalue weighted by molar-refractivity contribution is 0.0697. The van der Waals surface area contributed by atoms with Crippen LogP contribution in [-0.2, 0) is 6.54 Å². The van der Waals surface area contributed by atoms with Gasteiger partial charge in [0.1, 0.15) is 6.17 Å². The second-order valence-electron chi connectivity index (χ2n) is 9.60. The van der Waals surface area contributed by atoms with Gasteiger partial charge >= 0.3 is 5.97 Å². The first-order valence-corrected chi connectivity index (χ1v) is 13.1. The average molecular weight is 485 g/mol. The maximum absolute atomic E-state index is 11.9. The summed E-state index contributed by atoms with van der Waals surface area (Å²) in [7, 11) is 0. The molecule has 1 atom stereocenters. The molecule has 188 valence electrons. The molecule has 1 aliphatic heterocycles. The van der Waals surface area contributed by atoms with Crippen LogP contribution in [0.15, 0.2) is 54.6 Å². The van der Waals surface area contributed by atoms with Gasteiger partial charge in [0.2, 0.25) is 0 Å². The molecule has 1 N–H and O–H groups in total. The number of aryl methyl sites for hydroxylation is 2. The second kappa shape index (κ2) is 9.51. The first-order valence-electron chi connectivity index (χ1n) is 13.1. The predicted molar refractivity (Wildman–Crippen MR) is 149 cm³/mol. The third-order valence-corrected chi connectivity index (χ3v) is 7.46. The van der Waals surface area contributed by atoms with Gasteiger partial charge in [-0.1, -0.05) is 38.5 Å². The highest BCUT2D eigenvalue weighted by atomic mass is 16.4. The number of aromatic carboxylic acids is 1. The molecule has 0 amide bonds. The third kappa shape index (κ3) is 3.71. The molecule has 0 saturated carbocycles. The predicted octanol–water partition coefficient (Wildman–Crippen LogP) is 6.81. The van der Waals surface area contributed by atoms with Crippen LogP contribution < -0.4 is 9.91 Å². The number of rotatable bonds is 8. The van der Waals surface area contributed by atoms with Crippen molar-refractivity contribution in [2.45, 2.75) is 53.8 Å². The van der Waals surface area contributed by atoms with E-state index >= 15 is 0 Å². The van der Waals surface area contributed by atoms with E-state index in [1.54, 1.807) is 6.07 Å². The van der Waals surface area contributed by atoms with Gasteiger partial charge in [0, 0.05) is 48.0 Å². The van der Waals surface area contributed by atoms with Gasteiger partial charge in [-0.05, 0) is 68.3 Å². The Bertz CT molecular complexity index is 1440. The molecule has 5 rings (SSSR count). The molecule has 2 heterocycles. The van der Waals surface area contributed by atoms with Gasteiger partial charge in [-0.25, -0.2) is 9.80 Å². The van der Waals surface area contributed by atoms with E-state index in [9.17, 15) is 9.90 Å². The van der Waals surface area contributed by atoms with E-state index in [2.05, 4.69) is 90.5 Å². The molecule has 0 saturated heterocycles. The summed E-state index contributed by atoms with van der Waals surface area (Å²) >= 11 is 0. The van der Waals surface area contributed by atoms with Crippen molar-refractivity contribution in [1.82, 2.24) is 9.58 Å². The smallest absolute Gasteiger partial charge is 0.335 e. The summed E-state index contributed by atoms with van der Waals surface area (Å²) in [5.74, 6) is -0.896. The van der Waals surface area contributed by atoms with Crippen molar-refractivity contribution in [2.75, 3.05) is 29.5 Å². The van der Waals surface area contributed by atoms with E-state index in [1.807, 2.05) is 12.1 Å². The summed E-state index contributed by atoms with van der Waals surface area (Å²) in [6.45, 7) is 14.3. The third-order valence-electron chi connectivity index (χ3n) is 7.46. The molecule has 1 aromatic heterocycles. The lowest BCUT2D eigenvalue weighted by atomic mass is 10.1. The zero-order chi connectivity index (χ0) is 25.6. The highest BCUT2D eigenvalue weighted by Gasteiger charge is 2.39. The van der Waals surface area contributed by atoms with Gasteiger partial charge < -0.3 is 14.6 Å². The summed E-state index contributed by atoms with van der Waals surface area (Å²) in [4.78, 5) is 14.3. The zero-order valence-corrected chi connectivity index (χ0v) is 22.0. The number of hydrogen-bond donors (Lipinski definition) is 1. The normalized spacial score (nSPS) is 15.4. The molecule has 6 heteroatoms. The fraction of sp³-hybridized carbons (Fsp3) is 0.367. The lowest BCUT2D eigenvalue weighted by Gasteiger charge is -2.39. The van der Waals surface area contributed by atoms with Gasteiger partial charge in [-0.3, -0.25) is 5.01 Å². The Hall–Kier alpha value is -3.51. The summed E-state index contributed by atoms with van der Waals surface area (Å²) < 4.78 is 2.39. The highest BCUT2D eigenvalue weighted by Crippen LogP contribution is 2.48. The van der Waals surface area contributed by atoms with Crippen molar-refractivity contribution in [2.24, 2.45) is 0 Å². The minimum atomic E-state index is -0.896. The van der Waals surface area contributed by atoms with Crippen molar-refractivity contribution in [3.63, 3.8) is 0 Å². The quantitative estimate of drug-likeness (QED) is 0.298. The zero-order valence-electron chi connectivity index (χ0n) is 22.0. The number of nitrogens with zero attached hydrogens (tertiary/aromatic N) is 4. The average Bonchev–Trinajstić information content (AvgIpc) is 3.36. The van der Waals surface area contributed by atoms with E-state index in [0.717, 1.165) is 44.0 Å². The maximum Gasteiger partial charge on any atom is 0.335 e. The Morgan fingerprint density at radius 3 is 2.22 bits per heavy atom. The van der Waals surface area contributed by atoms with E-state index < -0.39 is 5.97 Å². The van der Waals surface area contributed by atoms with Crippen molar-refractivity contribution < 1.29 is 9.90 Å². The van der Waals surface area contributed by atoms with Crippen molar-refractivity contribution in [3.05, 3.63) is 71.3 Å². The summed E-state index contributed by atoms with van der Waals surface area (Å²) in [6.07, 6.45) is 0.956. The molecule has 1 unspecified atom stereocenters. The minimum Gasteiger partial charge on any atom is -0.478 e. The van der Waals surface area contributed by atoms with Crippen LogP contribution in [0.1, 0.15) is 61.8 Å². The van der Waals surface area contributed by atoms with E-state index in [-0.39, 0.29) is 6.17 Å². The van der Waals surface area contributed by atoms with Crippen LogP contribution >= 0.6 is 0 Å². The molecule has 3 aromatic carbocycles. The fourth-order valence-electron chi connectivity index (χ4n) is 5.86. The van der Waals surface area contributed by atoms with Crippen LogP contribution in [0, 0.1) is 6.92 Å². The van der Waals surface area contributed by atoms with Crippen molar-refractivity contribution in [3.8, 4) is 0 Å². The van der Waals surface area contributed by atoms with E-state index in [0.29, 0.717) is 5.56 Å². The first kappa shape index (κ1) is 24.2. The van der Waals surface area contributed by atoms with Gasteiger partial charge in [-0.15, -0.1) is 0 Å². The number of hydrazine groups is 1. The highest BCUT2D eigenvalue weighted by molar-refractivity contribution is 6.08.